The smallest absolute Gasteiger partial charge is 0.269 e. The normalized spacial score (nSPS) is 32.8. The van der Waals surface area contributed by atoms with Gasteiger partial charge in [-0.05, 0) is 19.4 Å². The van der Waals surface area contributed by atoms with E-state index in [9.17, 15) is 4.79 Å². The Morgan fingerprint density at radius 1 is 1.47 bits per heavy atom. The highest BCUT2D eigenvalue weighted by Crippen LogP contribution is 2.30. The molecule has 1 saturated heterocycles. The Morgan fingerprint density at radius 3 is 3.00 bits per heavy atom. The Kier molecular flexibility index (Phi) is 2.78. The first kappa shape index (κ1) is 11.0. The van der Waals surface area contributed by atoms with E-state index in [1.807, 2.05) is 0 Å². The van der Waals surface area contributed by atoms with E-state index in [4.69, 9.17) is 4.84 Å². The highest BCUT2D eigenvalue weighted by Gasteiger charge is 2.43. The Morgan fingerprint density at radius 2 is 2.29 bits per heavy atom. The third-order valence-electron chi connectivity index (χ3n) is 4.00. The number of carbonyl (C=O) groups excluding carboxylic acids is 1. The lowest BCUT2D eigenvalue weighted by atomic mass is 9.96. The molecule has 5 heteroatoms. The lowest BCUT2D eigenvalue weighted by molar-refractivity contribution is -0.115. The second-order valence-corrected chi connectivity index (χ2v) is 5.37. The van der Waals surface area contributed by atoms with Crippen molar-refractivity contribution >= 4 is 11.6 Å². The van der Waals surface area contributed by atoms with Crippen molar-refractivity contribution in [2.75, 3.05) is 13.1 Å². The highest BCUT2D eigenvalue weighted by atomic mass is 16.7. The molecule has 1 saturated carbocycles. The molecule has 0 radical (unpaired) electrons. The van der Waals surface area contributed by atoms with E-state index < -0.39 is 0 Å². The largest absolute Gasteiger partial charge is 0.387 e. The van der Waals surface area contributed by atoms with Crippen LogP contribution in [-0.4, -0.2) is 36.4 Å². The van der Waals surface area contributed by atoms with Crippen LogP contribution in [0.1, 0.15) is 38.5 Å². The molecule has 0 aromatic rings. The van der Waals surface area contributed by atoms with E-state index in [0.29, 0.717) is 18.2 Å². The molecule has 2 aliphatic heterocycles. The molecule has 2 heterocycles. The minimum Gasteiger partial charge on any atom is -0.387 e. The first-order valence-electron chi connectivity index (χ1n) is 6.54. The van der Waals surface area contributed by atoms with Crippen molar-refractivity contribution in [3.05, 3.63) is 0 Å². The summed E-state index contributed by atoms with van der Waals surface area (Å²) in [5.41, 5.74) is 0.336. The molecule has 0 aromatic heterocycles. The van der Waals surface area contributed by atoms with E-state index in [2.05, 4.69) is 15.8 Å². The number of hydrogen-bond donors (Lipinski definition) is 2. The molecule has 3 aliphatic rings. The van der Waals surface area contributed by atoms with Crippen molar-refractivity contribution in [1.82, 2.24) is 10.6 Å². The van der Waals surface area contributed by atoms with Crippen molar-refractivity contribution in [1.29, 1.82) is 0 Å². The van der Waals surface area contributed by atoms with Gasteiger partial charge in [0.2, 0.25) is 0 Å². The van der Waals surface area contributed by atoms with Gasteiger partial charge in [-0.25, -0.2) is 0 Å². The third-order valence-corrected chi connectivity index (χ3v) is 4.00. The van der Waals surface area contributed by atoms with Crippen LogP contribution in [0.3, 0.4) is 0 Å². The fourth-order valence-corrected chi connectivity index (χ4v) is 2.93. The Labute approximate surface area is 101 Å². The quantitative estimate of drug-likeness (QED) is 0.737. The molecule has 1 amide bonds. The van der Waals surface area contributed by atoms with Gasteiger partial charge >= 0.3 is 0 Å². The number of nitrogens with one attached hydrogen (secondary N) is 2. The number of oxime groups is 1. The average molecular weight is 237 g/mol. The van der Waals surface area contributed by atoms with Crippen molar-refractivity contribution in [3.63, 3.8) is 0 Å². The fraction of sp³-hybridized carbons (Fsp3) is 0.833. The van der Waals surface area contributed by atoms with Gasteiger partial charge in [0.1, 0.15) is 5.71 Å². The van der Waals surface area contributed by atoms with Gasteiger partial charge < -0.3 is 15.5 Å². The molecular formula is C12H19N3O2. The summed E-state index contributed by atoms with van der Waals surface area (Å²) in [4.78, 5) is 17.5. The Bertz CT molecular complexity index is 342. The van der Waals surface area contributed by atoms with Crippen molar-refractivity contribution in [2.24, 2.45) is 5.16 Å². The second-order valence-electron chi connectivity index (χ2n) is 5.37. The van der Waals surface area contributed by atoms with Crippen LogP contribution in [0, 0.1) is 0 Å². The maximum absolute atomic E-state index is 12.0. The molecule has 3 rings (SSSR count). The standard InChI is InChI=1S/C12H19N3O2/c16-11(14-9-3-1-2-4-9)10-7-12(17-15-10)5-6-13-8-12/h9,13H,1-8H2,(H,14,16)/t12-/m1/s1. The number of nitrogens with zero attached hydrogens (tertiary/aromatic N) is 1. The zero-order chi connectivity index (χ0) is 11.7. The average Bonchev–Trinajstić information content (AvgIpc) is 3.03. The Hall–Kier alpha value is -1.10. The van der Waals surface area contributed by atoms with Gasteiger partial charge in [-0.3, -0.25) is 4.79 Å². The lowest BCUT2D eigenvalue weighted by Gasteiger charge is -2.18. The van der Waals surface area contributed by atoms with Crippen LogP contribution in [0.5, 0.6) is 0 Å². The van der Waals surface area contributed by atoms with E-state index in [-0.39, 0.29) is 11.5 Å². The van der Waals surface area contributed by atoms with Crippen LogP contribution in [0.25, 0.3) is 0 Å². The third kappa shape index (κ3) is 2.16. The summed E-state index contributed by atoms with van der Waals surface area (Å²) in [5.74, 6) is -0.0272. The predicted molar refractivity (Wildman–Crippen MR) is 63.8 cm³/mol. The van der Waals surface area contributed by atoms with Gasteiger partial charge in [-0.2, -0.15) is 0 Å². The van der Waals surface area contributed by atoms with Gasteiger partial charge in [0.15, 0.2) is 5.60 Å². The molecule has 1 aliphatic carbocycles. The summed E-state index contributed by atoms with van der Waals surface area (Å²) in [6.07, 6.45) is 6.25. The molecule has 17 heavy (non-hydrogen) atoms. The maximum atomic E-state index is 12.0. The molecule has 0 aromatic carbocycles. The van der Waals surface area contributed by atoms with Crippen LogP contribution in [0.15, 0.2) is 5.16 Å². The van der Waals surface area contributed by atoms with Gasteiger partial charge in [-0.15, -0.1) is 0 Å². The number of amides is 1. The highest BCUT2D eigenvalue weighted by molar-refractivity contribution is 6.39. The molecule has 2 fully saturated rings. The van der Waals surface area contributed by atoms with E-state index in [0.717, 1.165) is 32.4 Å². The van der Waals surface area contributed by atoms with Gasteiger partial charge in [-0.1, -0.05) is 18.0 Å². The maximum Gasteiger partial charge on any atom is 0.269 e. The fourth-order valence-electron chi connectivity index (χ4n) is 2.93. The van der Waals surface area contributed by atoms with Crippen LogP contribution < -0.4 is 10.6 Å². The zero-order valence-electron chi connectivity index (χ0n) is 10.00. The SMILES string of the molecule is O=C(NC1CCCC1)C1=NO[C@]2(CCNC2)C1. The van der Waals surface area contributed by atoms with E-state index in [1.54, 1.807) is 0 Å². The van der Waals surface area contributed by atoms with Gasteiger partial charge in [0, 0.05) is 25.4 Å². The number of hydrogen-bond acceptors (Lipinski definition) is 4. The first-order chi connectivity index (χ1) is 8.27. The molecule has 1 atom stereocenters. The summed E-state index contributed by atoms with van der Waals surface area (Å²) in [6, 6.07) is 0.350. The predicted octanol–water partition coefficient (Wildman–Crippen LogP) is 0.554. The summed E-state index contributed by atoms with van der Waals surface area (Å²) in [7, 11) is 0. The monoisotopic (exact) mass is 237 g/mol. The van der Waals surface area contributed by atoms with Crippen LogP contribution >= 0.6 is 0 Å². The van der Waals surface area contributed by atoms with Crippen molar-refractivity contribution in [2.45, 2.75) is 50.2 Å². The van der Waals surface area contributed by atoms with E-state index >= 15 is 0 Å². The van der Waals surface area contributed by atoms with E-state index in [1.165, 1.54) is 12.8 Å². The molecular weight excluding hydrogens is 218 g/mol. The van der Waals surface area contributed by atoms with Crippen molar-refractivity contribution < 1.29 is 9.63 Å². The summed E-state index contributed by atoms with van der Waals surface area (Å²) < 4.78 is 0. The first-order valence-corrected chi connectivity index (χ1v) is 6.54. The summed E-state index contributed by atoms with van der Waals surface area (Å²) >= 11 is 0. The molecule has 0 bridgehead atoms. The summed E-state index contributed by atoms with van der Waals surface area (Å²) in [6.45, 7) is 1.75. The number of rotatable bonds is 2. The molecule has 94 valence electrons. The minimum absolute atomic E-state index is 0.0272. The second kappa shape index (κ2) is 4.29. The van der Waals surface area contributed by atoms with Crippen LogP contribution in [0.2, 0.25) is 0 Å². The van der Waals surface area contributed by atoms with Gasteiger partial charge in [0.05, 0.1) is 0 Å². The molecule has 5 nitrogen and oxygen atoms in total. The number of carbonyl (C=O) groups is 1. The van der Waals surface area contributed by atoms with Crippen LogP contribution in [-0.2, 0) is 9.63 Å². The minimum atomic E-state index is -0.234. The molecule has 1 spiro atoms. The van der Waals surface area contributed by atoms with Crippen molar-refractivity contribution in [3.8, 4) is 0 Å². The van der Waals surface area contributed by atoms with Crippen LogP contribution in [0.4, 0.5) is 0 Å². The molecule has 2 N–H and O–H groups in total. The lowest BCUT2D eigenvalue weighted by Crippen LogP contribution is -2.39. The zero-order valence-corrected chi connectivity index (χ0v) is 10.00. The summed E-state index contributed by atoms with van der Waals surface area (Å²) in [5, 5.41) is 10.3. The molecule has 0 unspecified atom stereocenters. The Balaban J connectivity index is 1.56. The van der Waals surface area contributed by atoms with Gasteiger partial charge in [0.25, 0.3) is 5.91 Å². The topological polar surface area (TPSA) is 62.7 Å².